The summed E-state index contributed by atoms with van der Waals surface area (Å²) >= 11 is 0. The van der Waals surface area contributed by atoms with E-state index in [0.717, 1.165) is 25.0 Å². The average Bonchev–Trinajstić information content (AvgIpc) is 2.97. The summed E-state index contributed by atoms with van der Waals surface area (Å²) in [5.74, 6) is 0. The van der Waals surface area contributed by atoms with Crippen LogP contribution in [-0.2, 0) is 12.8 Å². The molecule has 0 spiro atoms. The van der Waals surface area contributed by atoms with E-state index >= 15 is 0 Å². The van der Waals surface area contributed by atoms with Gasteiger partial charge in [-0.05, 0) is 53.5 Å². The van der Waals surface area contributed by atoms with E-state index in [1.807, 2.05) is 0 Å². The third-order valence-corrected chi connectivity index (χ3v) is 4.03. The zero-order chi connectivity index (χ0) is 14.7. The van der Waals surface area contributed by atoms with Gasteiger partial charge in [0.15, 0.2) is 0 Å². The first-order valence-corrected chi connectivity index (χ1v) is 7.60. The molecule has 1 aromatic heterocycles. The number of hydrogen-bond donors (Lipinski definition) is 1. The van der Waals surface area contributed by atoms with E-state index in [9.17, 15) is 0 Å². The van der Waals surface area contributed by atoms with E-state index in [4.69, 9.17) is 0 Å². The van der Waals surface area contributed by atoms with Crippen molar-refractivity contribution in [1.82, 2.24) is 4.98 Å². The highest BCUT2D eigenvalue weighted by molar-refractivity contribution is 5.84. The molecule has 0 bridgehead atoms. The normalized spacial score (nSPS) is 10.9. The second-order valence-corrected chi connectivity index (χ2v) is 5.55. The van der Waals surface area contributed by atoms with E-state index in [1.54, 1.807) is 0 Å². The van der Waals surface area contributed by atoms with Crippen LogP contribution in [0.4, 0.5) is 0 Å². The Hall–Kier alpha value is -2.28. The number of rotatable bonds is 5. The highest BCUT2D eigenvalue weighted by Gasteiger charge is 2.04. The van der Waals surface area contributed by atoms with E-state index in [0.29, 0.717) is 0 Å². The van der Waals surface area contributed by atoms with Crippen molar-refractivity contribution in [2.75, 3.05) is 0 Å². The first-order valence-electron chi connectivity index (χ1n) is 7.60. The Balaban J connectivity index is 1.71. The standard InChI is InChI=1S/C20H21N/c1-3-16-7-6-8-17(13-16)12-11-15(2)20-14-18-9-4-5-10-19(18)21-20/h4-10,13-14,21H,2-3,11-12H2,1H3. The Kier molecular flexibility index (Phi) is 3.92. The fraction of sp³-hybridized carbons (Fsp3) is 0.200. The highest BCUT2D eigenvalue weighted by Crippen LogP contribution is 2.23. The van der Waals surface area contributed by atoms with Crippen LogP contribution in [0.5, 0.6) is 0 Å². The average molecular weight is 275 g/mol. The number of fused-ring (bicyclic) bond motifs is 1. The largest absolute Gasteiger partial charge is 0.355 e. The molecule has 0 radical (unpaired) electrons. The number of aromatic nitrogens is 1. The molecule has 0 aliphatic rings. The Morgan fingerprint density at radius 2 is 1.81 bits per heavy atom. The number of nitrogens with one attached hydrogen (secondary N) is 1. The number of aryl methyl sites for hydroxylation is 2. The molecule has 106 valence electrons. The zero-order valence-corrected chi connectivity index (χ0v) is 12.5. The van der Waals surface area contributed by atoms with Crippen LogP contribution in [0.25, 0.3) is 16.5 Å². The van der Waals surface area contributed by atoms with Crippen molar-refractivity contribution >= 4 is 16.5 Å². The van der Waals surface area contributed by atoms with Gasteiger partial charge >= 0.3 is 0 Å². The van der Waals surface area contributed by atoms with Gasteiger partial charge in [0.05, 0.1) is 0 Å². The first kappa shape index (κ1) is 13.7. The van der Waals surface area contributed by atoms with Crippen molar-refractivity contribution in [3.63, 3.8) is 0 Å². The van der Waals surface area contributed by atoms with Gasteiger partial charge in [0.1, 0.15) is 0 Å². The molecule has 0 fully saturated rings. The van der Waals surface area contributed by atoms with Crippen LogP contribution in [-0.4, -0.2) is 4.98 Å². The van der Waals surface area contributed by atoms with Crippen LogP contribution in [0.2, 0.25) is 0 Å². The summed E-state index contributed by atoms with van der Waals surface area (Å²) in [7, 11) is 0. The van der Waals surface area contributed by atoms with Crippen LogP contribution in [0.3, 0.4) is 0 Å². The van der Waals surface area contributed by atoms with Crippen molar-refractivity contribution < 1.29 is 0 Å². The van der Waals surface area contributed by atoms with Gasteiger partial charge in [0.2, 0.25) is 0 Å². The number of benzene rings is 2. The minimum absolute atomic E-state index is 0.986. The maximum absolute atomic E-state index is 4.25. The molecule has 2 aromatic carbocycles. The molecular weight excluding hydrogens is 254 g/mol. The van der Waals surface area contributed by atoms with Crippen LogP contribution < -0.4 is 0 Å². The van der Waals surface area contributed by atoms with Gasteiger partial charge < -0.3 is 4.98 Å². The Morgan fingerprint density at radius 3 is 2.62 bits per heavy atom. The third kappa shape index (κ3) is 3.08. The summed E-state index contributed by atoms with van der Waals surface area (Å²) in [4.78, 5) is 3.45. The minimum atomic E-state index is 0.986. The van der Waals surface area contributed by atoms with E-state index < -0.39 is 0 Å². The highest BCUT2D eigenvalue weighted by atomic mass is 14.7. The van der Waals surface area contributed by atoms with Gasteiger partial charge in [-0.1, -0.05) is 56.0 Å². The number of para-hydroxylation sites is 1. The quantitative estimate of drug-likeness (QED) is 0.643. The molecule has 0 unspecified atom stereocenters. The molecular formula is C20H21N. The van der Waals surface area contributed by atoms with E-state index in [2.05, 4.69) is 73.1 Å². The van der Waals surface area contributed by atoms with Crippen molar-refractivity contribution in [2.45, 2.75) is 26.2 Å². The fourth-order valence-corrected chi connectivity index (χ4v) is 2.70. The first-order chi connectivity index (χ1) is 10.3. The lowest BCUT2D eigenvalue weighted by molar-refractivity contribution is 1.00. The van der Waals surface area contributed by atoms with Crippen LogP contribution in [0.15, 0.2) is 61.2 Å². The van der Waals surface area contributed by atoms with E-state index in [1.165, 1.54) is 27.6 Å². The van der Waals surface area contributed by atoms with Gasteiger partial charge in [-0.15, -0.1) is 0 Å². The lowest BCUT2D eigenvalue weighted by Crippen LogP contribution is -1.90. The SMILES string of the molecule is C=C(CCc1cccc(CC)c1)c1cc2ccccc2[nH]1. The van der Waals surface area contributed by atoms with Crippen molar-refractivity contribution in [3.05, 3.63) is 78.0 Å². The third-order valence-electron chi connectivity index (χ3n) is 4.03. The molecule has 0 saturated carbocycles. The molecule has 3 rings (SSSR count). The smallest absolute Gasteiger partial charge is 0.0458 e. The summed E-state index contributed by atoms with van der Waals surface area (Å²) in [6.07, 6.45) is 3.12. The number of allylic oxidation sites excluding steroid dienone is 1. The predicted octanol–water partition coefficient (Wildman–Crippen LogP) is 5.38. The predicted molar refractivity (Wildman–Crippen MR) is 91.5 cm³/mol. The second kappa shape index (κ2) is 6.01. The lowest BCUT2D eigenvalue weighted by Gasteiger charge is -2.05. The van der Waals surface area contributed by atoms with Crippen LogP contribution >= 0.6 is 0 Å². The molecule has 0 amide bonds. The maximum atomic E-state index is 4.25. The summed E-state index contributed by atoms with van der Waals surface area (Å²) in [5, 5.41) is 1.25. The van der Waals surface area contributed by atoms with E-state index in [-0.39, 0.29) is 0 Å². The van der Waals surface area contributed by atoms with Gasteiger partial charge in [0, 0.05) is 11.2 Å². The second-order valence-electron chi connectivity index (χ2n) is 5.55. The van der Waals surface area contributed by atoms with Crippen LogP contribution in [0, 0.1) is 0 Å². The molecule has 0 aliphatic carbocycles. The number of H-pyrrole nitrogens is 1. The van der Waals surface area contributed by atoms with Crippen molar-refractivity contribution in [2.24, 2.45) is 0 Å². The molecule has 0 atom stereocenters. The summed E-state index contributed by atoms with van der Waals surface area (Å²) in [5.41, 5.74) is 6.31. The molecule has 0 aliphatic heterocycles. The van der Waals surface area contributed by atoms with Gasteiger partial charge in [0.25, 0.3) is 0 Å². The fourth-order valence-electron chi connectivity index (χ4n) is 2.70. The number of aromatic amines is 1. The van der Waals surface area contributed by atoms with Gasteiger partial charge in [-0.25, -0.2) is 0 Å². The number of hydrogen-bond acceptors (Lipinski definition) is 0. The van der Waals surface area contributed by atoms with Gasteiger partial charge in [-0.3, -0.25) is 0 Å². The maximum Gasteiger partial charge on any atom is 0.0458 e. The van der Waals surface area contributed by atoms with Crippen LogP contribution in [0.1, 0.15) is 30.2 Å². The molecule has 1 nitrogen and oxygen atoms in total. The Morgan fingerprint density at radius 1 is 1.00 bits per heavy atom. The van der Waals surface area contributed by atoms with Gasteiger partial charge in [-0.2, -0.15) is 0 Å². The minimum Gasteiger partial charge on any atom is -0.355 e. The summed E-state index contributed by atoms with van der Waals surface area (Å²) in [6.45, 7) is 6.44. The molecule has 1 N–H and O–H groups in total. The monoisotopic (exact) mass is 275 g/mol. The Bertz CT molecular complexity index is 731. The molecule has 21 heavy (non-hydrogen) atoms. The summed E-state index contributed by atoms with van der Waals surface area (Å²) < 4.78 is 0. The Labute approximate surface area is 126 Å². The molecule has 1 heteroatoms. The molecule has 1 heterocycles. The molecule has 0 saturated heterocycles. The van der Waals surface area contributed by atoms with Crippen molar-refractivity contribution in [3.8, 4) is 0 Å². The summed E-state index contributed by atoms with van der Waals surface area (Å²) in [6, 6.07) is 19.4. The topological polar surface area (TPSA) is 15.8 Å². The molecule has 3 aromatic rings. The lowest BCUT2D eigenvalue weighted by atomic mass is 10.0. The zero-order valence-electron chi connectivity index (χ0n) is 12.5. The van der Waals surface area contributed by atoms with Crippen molar-refractivity contribution in [1.29, 1.82) is 0 Å².